The number of carbonyl (C=O) groups excluding carboxylic acids is 2. The van der Waals surface area contributed by atoms with Gasteiger partial charge in [-0.1, -0.05) is 59.9 Å². The monoisotopic (exact) mass is 442 g/mol. The molecule has 0 spiro atoms. The molecule has 0 bridgehead atoms. The standard InChI is InChI=1S/C20H21Cl3N2O3/c1-3-17(20(27)24-2)25(11-13-14(21)8-6-9-15(13)22)19(26)12-28-18-10-5-4-7-16(18)23/h4-10,17H,3,11-12H2,1-2H3,(H,24,27). The fourth-order valence-electron chi connectivity index (χ4n) is 2.72. The first-order valence-electron chi connectivity index (χ1n) is 8.70. The largest absolute Gasteiger partial charge is 0.482 e. The molecule has 0 aliphatic carbocycles. The zero-order valence-electron chi connectivity index (χ0n) is 15.5. The van der Waals surface area contributed by atoms with Gasteiger partial charge < -0.3 is 15.0 Å². The van der Waals surface area contributed by atoms with E-state index in [1.807, 2.05) is 6.92 Å². The van der Waals surface area contributed by atoms with Crippen LogP contribution < -0.4 is 10.1 Å². The molecule has 1 unspecified atom stereocenters. The van der Waals surface area contributed by atoms with Crippen LogP contribution >= 0.6 is 34.8 Å². The number of amides is 2. The van der Waals surface area contributed by atoms with Gasteiger partial charge in [-0.05, 0) is 30.7 Å². The SMILES string of the molecule is CCC(C(=O)NC)N(Cc1c(Cl)cccc1Cl)C(=O)COc1ccccc1Cl. The molecule has 0 saturated heterocycles. The van der Waals surface area contributed by atoms with Gasteiger partial charge in [0.25, 0.3) is 5.91 Å². The van der Waals surface area contributed by atoms with Crippen molar-refractivity contribution in [2.45, 2.75) is 25.9 Å². The van der Waals surface area contributed by atoms with E-state index in [1.54, 1.807) is 42.5 Å². The van der Waals surface area contributed by atoms with Crippen LogP contribution in [-0.2, 0) is 16.1 Å². The Hall–Kier alpha value is -1.95. The van der Waals surface area contributed by atoms with E-state index in [0.29, 0.717) is 32.8 Å². The predicted octanol–water partition coefficient (Wildman–Crippen LogP) is 4.58. The van der Waals surface area contributed by atoms with E-state index >= 15 is 0 Å². The first-order chi connectivity index (χ1) is 13.4. The topological polar surface area (TPSA) is 58.6 Å². The van der Waals surface area contributed by atoms with Crippen molar-refractivity contribution in [1.82, 2.24) is 10.2 Å². The predicted molar refractivity (Wildman–Crippen MR) is 112 cm³/mol. The number of ether oxygens (including phenoxy) is 1. The van der Waals surface area contributed by atoms with Crippen LogP contribution in [0.3, 0.4) is 0 Å². The second-order valence-corrected chi connectivity index (χ2v) is 7.20. The number of halogens is 3. The second-order valence-electron chi connectivity index (χ2n) is 5.98. The maximum Gasteiger partial charge on any atom is 0.261 e. The van der Waals surface area contributed by atoms with Crippen LogP contribution in [0.5, 0.6) is 5.75 Å². The van der Waals surface area contributed by atoms with Gasteiger partial charge in [0.15, 0.2) is 6.61 Å². The third-order valence-electron chi connectivity index (χ3n) is 4.21. The molecular weight excluding hydrogens is 423 g/mol. The van der Waals surface area contributed by atoms with Crippen molar-refractivity contribution in [3.63, 3.8) is 0 Å². The van der Waals surface area contributed by atoms with Gasteiger partial charge in [-0.2, -0.15) is 0 Å². The molecule has 0 fully saturated rings. The number of para-hydroxylation sites is 1. The summed E-state index contributed by atoms with van der Waals surface area (Å²) in [6.45, 7) is 1.62. The zero-order chi connectivity index (χ0) is 20.7. The lowest BCUT2D eigenvalue weighted by molar-refractivity contribution is -0.142. The van der Waals surface area contributed by atoms with E-state index in [9.17, 15) is 9.59 Å². The van der Waals surface area contributed by atoms with Crippen molar-refractivity contribution >= 4 is 46.6 Å². The third-order valence-corrected chi connectivity index (χ3v) is 5.23. The summed E-state index contributed by atoms with van der Waals surface area (Å²) in [7, 11) is 1.52. The molecule has 0 aliphatic heterocycles. The summed E-state index contributed by atoms with van der Waals surface area (Å²) in [4.78, 5) is 26.7. The molecule has 2 amide bonds. The quantitative estimate of drug-likeness (QED) is 0.650. The van der Waals surface area contributed by atoms with Gasteiger partial charge >= 0.3 is 0 Å². The second kappa shape index (κ2) is 10.6. The molecule has 5 nitrogen and oxygen atoms in total. The number of hydrogen-bond acceptors (Lipinski definition) is 3. The zero-order valence-corrected chi connectivity index (χ0v) is 17.8. The lowest BCUT2D eigenvalue weighted by Gasteiger charge is -2.30. The van der Waals surface area contributed by atoms with Crippen molar-refractivity contribution in [3.05, 3.63) is 63.1 Å². The number of nitrogens with one attached hydrogen (secondary N) is 1. The summed E-state index contributed by atoms with van der Waals surface area (Å²) in [6, 6.07) is 11.3. The highest BCUT2D eigenvalue weighted by Gasteiger charge is 2.29. The minimum Gasteiger partial charge on any atom is -0.482 e. The van der Waals surface area contributed by atoms with E-state index in [0.717, 1.165) is 0 Å². The van der Waals surface area contributed by atoms with Crippen molar-refractivity contribution in [3.8, 4) is 5.75 Å². The van der Waals surface area contributed by atoms with Gasteiger partial charge in [0.2, 0.25) is 5.91 Å². The average molecular weight is 444 g/mol. The van der Waals surface area contributed by atoms with E-state index < -0.39 is 6.04 Å². The highest BCUT2D eigenvalue weighted by Crippen LogP contribution is 2.27. The maximum atomic E-state index is 13.0. The molecule has 2 rings (SSSR count). The smallest absolute Gasteiger partial charge is 0.261 e. The molecule has 0 aromatic heterocycles. The molecule has 1 N–H and O–H groups in total. The molecular formula is C20H21Cl3N2O3. The maximum absolute atomic E-state index is 13.0. The summed E-state index contributed by atoms with van der Waals surface area (Å²) in [5.41, 5.74) is 0.569. The summed E-state index contributed by atoms with van der Waals surface area (Å²) in [6.07, 6.45) is 0.416. The molecule has 1 atom stereocenters. The summed E-state index contributed by atoms with van der Waals surface area (Å²) in [5, 5.41) is 3.83. The Labute approximate surface area is 179 Å². The lowest BCUT2D eigenvalue weighted by Crippen LogP contribution is -2.49. The van der Waals surface area contributed by atoms with Crippen molar-refractivity contribution in [2.24, 2.45) is 0 Å². The summed E-state index contributed by atoms with van der Waals surface area (Å²) < 4.78 is 5.56. The van der Waals surface area contributed by atoms with Crippen LogP contribution in [0.4, 0.5) is 0 Å². The number of benzene rings is 2. The minimum atomic E-state index is -0.695. The molecule has 0 radical (unpaired) electrons. The fraction of sp³-hybridized carbons (Fsp3) is 0.300. The Morgan fingerprint density at radius 1 is 1.04 bits per heavy atom. The average Bonchev–Trinajstić information content (AvgIpc) is 2.68. The van der Waals surface area contributed by atoms with Crippen LogP contribution in [0, 0.1) is 0 Å². The van der Waals surface area contributed by atoms with Gasteiger partial charge in [-0.15, -0.1) is 0 Å². The Bertz CT molecular complexity index is 825. The lowest BCUT2D eigenvalue weighted by atomic mass is 10.1. The number of carbonyl (C=O) groups is 2. The molecule has 28 heavy (non-hydrogen) atoms. The van der Waals surface area contributed by atoms with Gasteiger partial charge in [0.1, 0.15) is 11.8 Å². The van der Waals surface area contributed by atoms with Crippen molar-refractivity contribution in [1.29, 1.82) is 0 Å². The molecule has 2 aromatic rings. The molecule has 8 heteroatoms. The van der Waals surface area contributed by atoms with Crippen LogP contribution in [0.2, 0.25) is 15.1 Å². The van der Waals surface area contributed by atoms with E-state index in [2.05, 4.69) is 5.32 Å². The Balaban J connectivity index is 2.27. The summed E-state index contributed by atoms with van der Waals surface area (Å²) in [5.74, 6) is -0.274. The fourth-order valence-corrected chi connectivity index (χ4v) is 3.43. The number of rotatable bonds is 8. The Morgan fingerprint density at radius 3 is 2.21 bits per heavy atom. The van der Waals surface area contributed by atoms with Gasteiger partial charge in [0, 0.05) is 29.2 Å². The van der Waals surface area contributed by atoms with E-state index in [4.69, 9.17) is 39.5 Å². The van der Waals surface area contributed by atoms with Gasteiger partial charge in [-0.3, -0.25) is 9.59 Å². The Morgan fingerprint density at radius 2 is 1.64 bits per heavy atom. The van der Waals surface area contributed by atoms with Crippen LogP contribution in [0.25, 0.3) is 0 Å². The third kappa shape index (κ3) is 5.53. The molecule has 0 heterocycles. The minimum absolute atomic E-state index is 0.0785. The number of hydrogen-bond donors (Lipinski definition) is 1. The van der Waals surface area contributed by atoms with Crippen molar-refractivity contribution < 1.29 is 14.3 Å². The van der Waals surface area contributed by atoms with Gasteiger partial charge in [-0.25, -0.2) is 0 Å². The van der Waals surface area contributed by atoms with Gasteiger partial charge in [0.05, 0.1) is 5.02 Å². The molecule has 0 aliphatic rings. The first-order valence-corrected chi connectivity index (χ1v) is 9.83. The van der Waals surface area contributed by atoms with E-state index in [-0.39, 0.29) is 25.0 Å². The number of nitrogens with zero attached hydrogens (tertiary/aromatic N) is 1. The van der Waals surface area contributed by atoms with Crippen LogP contribution in [0.1, 0.15) is 18.9 Å². The number of likely N-dealkylation sites (N-methyl/N-ethyl adjacent to an activating group) is 1. The summed E-state index contributed by atoms with van der Waals surface area (Å²) >= 11 is 18.6. The highest BCUT2D eigenvalue weighted by atomic mass is 35.5. The highest BCUT2D eigenvalue weighted by molar-refractivity contribution is 6.36. The molecule has 2 aromatic carbocycles. The van der Waals surface area contributed by atoms with E-state index in [1.165, 1.54) is 11.9 Å². The normalized spacial score (nSPS) is 11.6. The van der Waals surface area contributed by atoms with Crippen molar-refractivity contribution in [2.75, 3.05) is 13.7 Å². The molecule has 0 saturated carbocycles. The van der Waals surface area contributed by atoms with Crippen LogP contribution in [0.15, 0.2) is 42.5 Å². The molecule has 150 valence electrons. The van der Waals surface area contributed by atoms with Crippen LogP contribution in [-0.4, -0.2) is 36.4 Å². The Kier molecular flexibility index (Phi) is 8.42. The first kappa shape index (κ1) is 22.3.